The molecule has 0 amide bonds. The summed E-state index contributed by atoms with van der Waals surface area (Å²) in [5.41, 5.74) is -0.736. The van der Waals surface area contributed by atoms with Crippen molar-refractivity contribution < 1.29 is 13.2 Å². The van der Waals surface area contributed by atoms with Crippen LogP contribution in [-0.2, 0) is 6.18 Å². The van der Waals surface area contributed by atoms with Gasteiger partial charge in [-0.05, 0) is 24.6 Å². The van der Waals surface area contributed by atoms with Gasteiger partial charge in [-0.25, -0.2) is 0 Å². The summed E-state index contributed by atoms with van der Waals surface area (Å²) in [6, 6.07) is 3.01. The molecule has 1 aromatic heterocycles. The molecule has 0 spiro atoms. The van der Waals surface area contributed by atoms with Crippen molar-refractivity contribution in [3.63, 3.8) is 0 Å². The molecule has 1 N–H and O–H groups in total. The average Bonchev–Trinajstić information content (AvgIpc) is 2.54. The van der Waals surface area contributed by atoms with E-state index in [1.807, 2.05) is 11.9 Å². The van der Waals surface area contributed by atoms with Crippen LogP contribution in [0.4, 0.5) is 30.6 Å². The van der Waals surface area contributed by atoms with Crippen molar-refractivity contribution >= 4 is 29.1 Å². The summed E-state index contributed by atoms with van der Waals surface area (Å²) in [6.45, 7) is 2.87. The Hall–Kier alpha value is -2.09. The van der Waals surface area contributed by atoms with Crippen molar-refractivity contribution in [1.29, 1.82) is 0 Å². The zero-order chi connectivity index (χ0) is 17.7. The fourth-order valence-corrected chi connectivity index (χ4v) is 2.12. The predicted octanol–water partition coefficient (Wildman–Crippen LogP) is 4.52. The van der Waals surface area contributed by atoms with Gasteiger partial charge in [-0.2, -0.15) is 23.3 Å². The fraction of sp³-hybridized carbons (Fsp3) is 0.400. The SMILES string of the molecule is CCCCN(C)c1cnnc(Nc2cc(C(F)(F)F)ccc2Cl)n1. The van der Waals surface area contributed by atoms with Crippen LogP contribution in [0.2, 0.25) is 5.02 Å². The Balaban J connectivity index is 2.22. The molecule has 2 rings (SSSR count). The van der Waals surface area contributed by atoms with Crippen molar-refractivity contribution in [1.82, 2.24) is 15.2 Å². The lowest BCUT2D eigenvalue weighted by Gasteiger charge is -2.17. The van der Waals surface area contributed by atoms with E-state index in [9.17, 15) is 13.2 Å². The minimum atomic E-state index is -4.46. The highest BCUT2D eigenvalue weighted by atomic mass is 35.5. The van der Waals surface area contributed by atoms with E-state index in [4.69, 9.17) is 11.6 Å². The summed E-state index contributed by atoms with van der Waals surface area (Å²) in [4.78, 5) is 6.16. The lowest BCUT2D eigenvalue weighted by atomic mass is 10.2. The molecule has 0 saturated heterocycles. The lowest BCUT2D eigenvalue weighted by molar-refractivity contribution is -0.137. The van der Waals surface area contributed by atoms with Crippen LogP contribution in [0.5, 0.6) is 0 Å². The number of hydrogen-bond donors (Lipinski definition) is 1. The Morgan fingerprint density at radius 1 is 1.29 bits per heavy atom. The minimum Gasteiger partial charge on any atom is -0.358 e. The van der Waals surface area contributed by atoms with Crippen molar-refractivity contribution in [3.8, 4) is 0 Å². The number of alkyl halides is 3. The van der Waals surface area contributed by atoms with Crippen molar-refractivity contribution in [2.45, 2.75) is 25.9 Å². The molecule has 24 heavy (non-hydrogen) atoms. The van der Waals surface area contributed by atoms with E-state index < -0.39 is 11.7 Å². The number of unbranched alkanes of at least 4 members (excludes halogenated alkanes) is 1. The maximum atomic E-state index is 12.8. The third kappa shape index (κ3) is 4.70. The van der Waals surface area contributed by atoms with Crippen molar-refractivity contribution in [2.24, 2.45) is 0 Å². The van der Waals surface area contributed by atoms with Gasteiger partial charge in [0.05, 0.1) is 22.5 Å². The molecule has 0 radical (unpaired) electrons. The molecule has 0 atom stereocenters. The first-order valence-corrected chi connectivity index (χ1v) is 7.73. The Morgan fingerprint density at radius 3 is 2.71 bits per heavy atom. The number of hydrogen-bond acceptors (Lipinski definition) is 5. The quantitative estimate of drug-likeness (QED) is 0.821. The van der Waals surface area contributed by atoms with E-state index in [-0.39, 0.29) is 16.7 Å². The zero-order valence-electron chi connectivity index (χ0n) is 13.2. The standard InChI is InChI=1S/C15H17ClF3N5/c1-3-4-7-24(2)13-9-20-23-14(22-13)21-12-8-10(15(17,18)19)5-6-11(12)16/h5-6,8-9H,3-4,7H2,1-2H3,(H,21,22,23). The molecule has 0 aliphatic rings. The zero-order valence-corrected chi connectivity index (χ0v) is 14.0. The molecule has 5 nitrogen and oxygen atoms in total. The molecule has 1 aromatic carbocycles. The molecule has 0 unspecified atom stereocenters. The van der Waals surface area contributed by atoms with Gasteiger partial charge in [0.25, 0.3) is 0 Å². The highest BCUT2D eigenvalue weighted by molar-refractivity contribution is 6.33. The molecule has 2 aromatic rings. The summed E-state index contributed by atoms with van der Waals surface area (Å²) in [5, 5.41) is 10.4. The molecule has 130 valence electrons. The Kier molecular flexibility index (Phi) is 5.82. The molecule has 9 heteroatoms. The van der Waals surface area contributed by atoms with Crippen LogP contribution in [0.25, 0.3) is 0 Å². The second kappa shape index (κ2) is 7.65. The van der Waals surface area contributed by atoms with Gasteiger partial charge in [-0.15, -0.1) is 5.10 Å². The first-order valence-electron chi connectivity index (χ1n) is 7.36. The van der Waals surface area contributed by atoms with E-state index in [1.165, 1.54) is 12.3 Å². The predicted molar refractivity (Wildman–Crippen MR) is 87.7 cm³/mol. The molecular formula is C15H17ClF3N5. The molecule has 1 heterocycles. The first kappa shape index (κ1) is 18.3. The monoisotopic (exact) mass is 359 g/mol. The lowest BCUT2D eigenvalue weighted by Crippen LogP contribution is -2.20. The number of anilines is 3. The largest absolute Gasteiger partial charge is 0.416 e. The molecule has 0 bridgehead atoms. The van der Waals surface area contributed by atoms with Crippen LogP contribution in [0.1, 0.15) is 25.3 Å². The van der Waals surface area contributed by atoms with E-state index in [1.54, 1.807) is 0 Å². The van der Waals surface area contributed by atoms with Crippen LogP contribution in [-0.4, -0.2) is 28.8 Å². The van der Waals surface area contributed by atoms with E-state index in [0.29, 0.717) is 5.82 Å². The Labute approximate surface area is 142 Å². The van der Waals surface area contributed by atoms with Crippen LogP contribution in [0.3, 0.4) is 0 Å². The fourth-order valence-electron chi connectivity index (χ4n) is 1.96. The van der Waals surface area contributed by atoms with Gasteiger partial charge in [0.15, 0.2) is 5.82 Å². The third-order valence-electron chi connectivity index (χ3n) is 3.32. The van der Waals surface area contributed by atoms with Gasteiger partial charge >= 0.3 is 6.18 Å². The van der Waals surface area contributed by atoms with Gasteiger partial charge < -0.3 is 10.2 Å². The molecule has 0 aliphatic carbocycles. The van der Waals surface area contributed by atoms with Gasteiger partial charge in [-0.3, -0.25) is 0 Å². The summed E-state index contributed by atoms with van der Waals surface area (Å²) in [6.07, 6.45) is -0.937. The number of halogens is 4. The normalized spacial score (nSPS) is 11.4. The van der Waals surface area contributed by atoms with Crippen LogP contribution in [0, 0.1) is 0 Å². The molecular weight excluding hydrogens is 343 g/mol. The summed E-state index contributed by atoms with van der Waals surface area (Å²) in [5.74, 6) is 0.654. The Morgan fingerprint density at radius 2 is 2.04 bits per heavy atom. The maximum Gasteiger partial charge on any atom is 0.416 e. The average molecular weight is 360 g/mol. The molecule has 0 aliphatic heterocycles. The smallest absolute Gasteiger partial charge is 0.358 e. The van der Waals surface area contributed by atoms with E-state index in [2.05, 4.69) is 27.4 Å². The summed E-state index contributed by atoms with van der Waals surface area (Å²) < 4.78 is 38.4. The number of nitrogens with zero attached hydrogens (tertiary/aromatic N) is 4. The second-order valence-corrected chi connectivity index (χ2v) is 5.64. The molecule has 0 fully saturated rings. The number of rotatable bonds is 6. The summed E-state index contributed by atoms with van der Waals surface area (Å²) >= 11 is 5.95. The van der Waals surface area contributed by atoms with Crippen LogP contribution in [0.15, 0.2) is 24.4 Å². The number of aromatic nitrogens is 3. The van der Waals surface area contributed by atoms with E-state index in [0.717, 1.165) is 31.5 Å². The van der Waals surface area contributed by atoms with Crippen molar-refractivity contribution in [3.05, 3.63) is 35.0 Å². The Bertz CT molecular complexity index is 693. The first-order chi connectivity index (χ1) is 11.3. The highest BCUT2D eigenvalue weighted by Gasteiger charge is 2.31. The topological polar surface area (TPSA) is 53.9 Å². The van der Waals surface area contributed by atoms with Gasteiger partial charge in [-0.1, -0.05) is 24.9 Å². The maximum absolute atomic E-state index is 12.8. The van der Waals surface area contributed by atoms with Crippen LogP contribution < -0.4 is 10.2 Å². The highest BCUT2D eigenvalue weighted by Crippen LogP contribution is 2.34. The van der Waals surface area contributed by atoms with E-state index >= 15 is 0 Å². The van der Waals surface area contributed by atoms with Crippen molar-refractivity contribution in [2.75, 3.05) is 23.8 Å². The van der Waals surface area contributed by atoms with Gasteiger partial charge in [0.1, 0.15) is 0 Å². The second-order valence-electron chi connectivity index (χ2n) is 5.23. The van der Waals surface area contributed by atoms with Gasteiger partial charge in [0, 0.05) is 13.6 Å². The van der Waals surface area contributed by atoms with Crippen LogP contribution >= 0.6 is 11.6 Å². The molecule has 0 saturated carbocycles. The number of nitrogens with one attached hydrogen (secondary N) is 1. The number of benzene rings is 1. The van der Waals surface area contributed by atoms with Gasteiger partial charge in [0.2, 0.25) is 5.95 Å². The summed E-state index contributed by atoms with van der Waals surface area (Å²) in [7, 11) is 1.86. The third-order valence-corrected chi connectivity index (χ3v) is 3.65. The minimum absolute atomic E-state index is 0.0710.